The molecule has 2 aromatic carbocycles. The number of aldehydes is 1. The number of furan rings is 1. The number of carbonyl (C=O) groups excluding carboxylic acids is 1. The molecule has 0 aliphatic carbocycles. The van der Waals surface area contributed by atoms with Gasteiger partial charge in [0.1, 0.15) is 22.8 Å². The first-order valence-electron chi connectivity index (χ1n) is 8.31. The first-order chi connectivity index (χ1) is 13.4. The second-order valence-electron chi connectivity index (χ2n) is 6.07. The van der Waals surface area contributed by atoms with Crippen LogP contribution in [-0.4, -0.2) is 6.29 Å². The molecule has 0 aliphatic heterocycles. The molecule has 28 heavy (non-hydrogen) atoms. The highest BCUT2D eigenvalue weighted by Crippen LogP contribution is 2.43. The second-order valence-corrected chi connectivity index (χ2v) is 7.21. The molecule has 0 unspecified atom stereocenters. The van der Waals surface area contributed by atoms with Gasteiger partial charge < -0.3 is 9.15 Å². The Balaban J connectivity index is 1.60. The summed E-state index contributed by atoms with van der Waals surface area (Å²) in [4.78, 5) is 10.6. The fourth-order valence-corrected chi connectivity index (χ4v) is 3.86. The van der Waals surface area contributed by atoms with E-state index in [-0.39, 0.29) is 17.9 Å². The molecule has 0 bridgehead atoms. The van der Waals surface area contributed by atoms with E-state index in [1.165, 1.54) is 6.07 Å². The maximum absolute atomic E-state index is 13.5. The summed E-state index contributed by atoms with van der Waals surface area (Å²) in [5.74, 6) is 0.682. The number of rotatable bonds is 5. The number of hydrogen-bond donors (Lipinski definition) is 0. The van der Waals surface area contributed by atoms with E-state index >= 15 is 0 Å². The van der Waals surface area contributed by atoms with Crippen molar-refractivity contribution in [2.45, 2.75) is 12.8 Å². The summed E-state index contributed by atoms with van der Waals surface area (Å²) in [6, 6.07) is 16.6. The number of hydrogen-bond acceptors (Lipinski definition) is 4. The average Bonchev–Trinajstić information content (AvgIpc) is 3.30. The van der Waals surface area contributed by atoms with Crippen LogP contribution in [0.2, 0.25) is 0 Å². The maximum atomic E-state index is 13.5. The van der Waals surface area contributed by atoms with Gasteiger partial charge >= 0.3 is 6.18 Å². The third kappa shape index (κ3) is 3.66. The smallest absolute Gasteiger partial charge is 0.426 e. The van der Waals surface area contributed by atoms with Gasteiger partial charge in [-0.2, -0.15) is 13.2 Å². The summed E-state index contributed by atoms with van der Waals surface area (Å²) in [5, 5.41) is 0.687. The summed E-state index contributed by atoms with van der Waals surface area (Å²) in [5.41, 5.74) is 1.20. The van der Waals surface area contributed by atoms with Crippen molar-refractivity contribution in [3.63, 3.8) is 0 Å². The lowest BCUT2D eigenvalue weighted by molar-refractivity contribution is -0.133. The predicted octanol–water partition coefficient (Wildman–Crippen LogP) is 6.57. The quantitative estimate of drug-likeness (QED) is 0.354. The summed E-state index contributed by atoms with van der Waals surface area (Å²) < 4.78 is 51.3. The lowest BCUT2D eigenvalue weighted by Crippen LogP contribution is -2.03. The highest BCUT2D eigenvalue weighted by Gasteiger charge is 2.36. The van der Waals surface area contributed by atoms with Crippen molar-refractivity contribution in [1.82, 2.24) is 0 Å². The topological polar surface area (TPSA) is 39.4 Å². The molecule has 2 heterocycles. The molecule has 7 heteroatoms. The van der Waals surface area contributed by atoms with Gasteiger partial charge in [-0.1, -0.05) is 30.3 Å². The molecule has 4 aromatic rings. The summed E-state index contributed by atoms with van der Waals surface area (Å²) in [6.45, 7) is 0.00444. The van der Waals surface area contributed by atoms with Gasteiger partial charge in [-0.05, 0) is 35.9 Å². The minimum absolute atomic E-state index is 0.00444. The van der Waals surface area contributed by atoms with E-state index < -0.39 is 11.1 Å². The molecule has 0 aliphatic rings. The Hall–Kier alpha value is -3.06. The van der Waals surface area contributed by atoms with Crippen LogP contribution in [0.3, 0.4) is 0 Å². The number of carbonyl (C=O) groups is 1. The molecule has 2 aromatic heterocycles. The lowest BCUT2D eigenvalue weighted by atomic mass is 10.1. The van der Waals surface area contributed by atoms with Gasteiger partial charge in [0.2, 0.25) is 0 Å². The average molecular weight is 402 g/mol. The Bertz CT molecular complexity index is 1130. The van der Waals surface area contributed by atoms with E-state index in [2.05, 4.69) is 0 Å². The second kappa shape index (κ2) is 7.16. The van der Waals surface area contributed by atoms with E-state index in [1.807, 2.05) is 0 Å². The van der Waals surface area contributed by atoms with Gasteiger partial charge in [-0.15, -0.1) is 11.3 Å². The van der Waals surface area contributed by atoms with Crippen molar-refractivity contribution in [3.8, 4) is 16.9 Å². The van der Waals surface area contributed by atoms with Crippen molar-refractivity contribution in [1.29, 1.82) is 0 Å². The SMILES string of the molecule is O=Cc1cc2cc(OCc3cc(-c4ccccc4)c(C(F)(F)F)s3)ccc2o1. The Morgan fingerprint density at radius 3 is 2.54 bits per heavy atom. The first-order valence-corrected chi connectivity index (χ1v) is 9.12. The molecule has 0 saturated heterocycles. The van der Waals surface area contributed by atoms with Crippen molar-refractivity contribution in [2.24, 2.45) is 0 Å². The van der Waals surface area contributed by atoms with Crippen LogP contribution in [0, 0.1) is 0 Å². The van der Waals surface area contributed by atoms with Crippen molar-refractivity contribution in [2.75, 3.05) is 0 Å². The molecule has 0 N–H and O–H groups in total. The molecular weight excluding hydrogens is 389 g/mol. The van der Waals surface area contributed by atoms with Crippen molar-refractivity contribution in [3.05, 3.63) is 76.2 Å². The molecular formula is C21H13F3O3S. The van der Waals surface area contributed by atoms with Crippen LogP contribution in [-0.2, 0) is 12.8 Å². The van der Waals surface area contributed by atoms with Crippen molar-refractivity contribution >= 4 is 28.6 Å². The van der Waals surface area contributed by atoms with Gasteiger partial charge in [0, 0.05) is 15.8 Å². The molecule has 3 nitrogen and oxygen atoms in total. The van der Waals surface area contributed by atoms with Crippen LogP contribution in [0.5, 0.6) is 5.75 Å². The van der Waals surface area contributed by atoms with Crippen LogP contribution in [0.15, 0.2) is 65.1 Å². The molecule has 0 radical (unpaired) electrons. The van der Waals surface area contributed by atoms with Gasteiger partial charge in [-0.25, -0.2) is 0 Å². The molecule has 142 valence electrons. The molecule has 0 atom stereocenters. The monoisotopic (exact) mass is 402 g/mol. The molecule has 0 fully saturated rings. The molecule has 0 amide bonds. The maximum Gasteiger partial charge on any atom is 0.426 e. The van der Waals surface area contributed by atoms with Crippen molar-refractivity contribution < 1.29 is 27.1 Å². The van der Waals surface area contributed by atoms with Crippen LogP contribution in [0.4, 0.5) is 13.2 Å². The standard InChI is InChI=1S/C21H13F3O3S/c22-21(23,24)20-18(13-4-2-1-3-5-13)10-17(28-20)12-26-15-6-7-19-14(8-15)9-16(11-25)27-19/h1-11H,12H2. The highest BCUT2D eigenvalue weighted by atomic mass is 32.1. The largest absolute Gasteiger partial charge is 0.488 e. The third-order valence-electron chi connectivity index (χ3n) is 4.13. The third-order valence-corrected chi connectivity index (χ3v) is 5.28. The van der Waals surface area contributed by atoms with Crippen LogP contribution < -0.4 is 4.74 Å². The van der Waals surface area contributed by atoms with Crippen LogP contribution in [0.1, 0.15) is 20.3 Å². The Morgan fingerprint density at radius 1 is 1.04 bits per heavy atom. The Morgan fingerprint density at radius 2 is 1.82 bits per heavy atom. The van der Waals surface area contributed by atoms with E-state index in [0.717, 1.165) is 0 Å². The number of alkyl halides is 3. The fourth-order valence-electron chi connectivity index (χ4n) is 2.90. The Labute approximate surface area is 162 Å². The van der Waals surface area contributed by atoms with E-state index in [0.29, 0.717) is 44.8 Å². The van der Waals surface area contributed by atoms with Gasteiger partial charge in [0.05, 0.1) is 0 Å². The van der Waals surface area contributed by atoms with E-state index in [1.54, 1.807) is 54.6 Å². The zero-order chi connectivity index (χ0) is 19.7. The molecule has 4 rings (SSSR count). The summed E-state index contributed by atoms with van der Waals surface area (Å²) in [7, 11) is 0. The van der Waals surface area contributed by atoms with Gasteiger partial charge in [0.15, 0.2) is 12.0 Å². The lowest BCUT2D eigenvalue weighted by Gasteiger charge is -2.07. The summed E-state index contributed by atoms with van der Waals surface area (Å²) >= 11 is 0.677. The van der Waals surface area contributed by atoms with Crippen LogP contribution >= 0.6 is 11.3 Å². The van der Waals surface area contributed by atoms with Gasteiger partial charge in [0.25, 0.3) is 0 Å². The minimum atomic E-state index is -4.44. The number of thiophene rings is 1. The normalized spacial score (nSPS) is 11.7. The predicted molar refractivity (Wildman–Crippen MR) is 101 cm³/mol. The molecule has 0 saturated carbocycles. The number of halogens is 3. The highest BCUT2D eigenvalue weighted by molar-refractivity contribution is 7.12. The van der Waals surface area contributed by atoms with E-state index in [4.69, 9.17) is 9.15 Å². The zero-order valence-electron chi connectivity index (χ0n) is 14.3. The molecule has 0 spiro atoms. The first kappa shape index (κ1) is 18.3. The van der Waals surface area contributed by atoms with Crippen LogP contribution in [0.25, 0.3) is 22.1 Å². The van der Waals surface area contributed by atoms with Gasteiger partial charge in [-0.3, -0.25) is 4.79 Å². The zero-order valence-corrected chi connectivity index (χ0v) is 15.1. The number of benzene rings is 2. The number of fused-ring (bicyclic) bond motifs is 1. The fraction of sp³-hybridized carbons (Fsp3) is 0.0952. The summed E-state index contributed by atoms with van der Waals surface area (Å²) in [6.07, 6.45) is -3.83. The minimum Gasteiger partial charge on any atom is -0.488 e. The number of ether oxygens (including phenoxy) is 1. The van der Waals surface area contributed by atoms with E-state index in [9.17, 15) is 18.0 Å². The Kier molecular flexibility index (Phi) is 4.68.